The maximum absolute atomic E-state index is 11.5. The molecule has 0 radical (unpaired) electrons. The Balaban J connectivity index is 2.40. The van der Waals surface area contributed by atoms with Crippen LogP contribution >= 0.6 is 0 Å². The lowest BCUT2D eigenvalue weighted by atomic mass is 9.96. The van der Waals surface area contributed by atoms with Crippen molar-refractivity contribution in [2.45, 2.75) is 19.9 Å². The molecule has 4 nitrogen and oxygen atoms in total. The highest BCUT2D eigenvalue weighted by Crippen LogP contribution is 2.27. The number of nitrogens with one attached hydrogen (secondary N) is 1. The van der Waals surface area contributed by atoms with Crippen molar-refractivity contribution in [2.24, 2.45) is 0 Å². The first kappa shape index (κ1) is 14.3. The highest BCUT2D eigenvalue weighted by atomic mass is 16.5. The zero-order valence-electron chi connectivity index (χ0n) is 12.2. The summed E-state index contributed by atoms with van der Waals surface area (Å²) in [6.45, 7) is 4.16. The number of hydrogen-bond acceptors (Lipinski definition) is 4. The Morgan fingerprint density at radius 1 is 1.25 bits per heavy atom. The number of benzene rings is 1. The van der Waals surface area contributed by atoms with Crippen molar-refractivity contribution in [3.05, 3.63) is 58.5 Å². The molecular formula is C16H19NO3. The van der Waals surface area contributed by atoms with Crippen LogP contribution in [-0.4, -0.2) is 20.1 Å². The third-order valence-corrected chi connectivity index (χ3v) is 3.54. The zero-order chi connectivity index (χ0) is 14.7. The minimum absolute atomic E-state index is 0.0895. The summed E-state index contributed by atoms with van der Waals surface area (Å²) in [5.74, 6) is 0.446. The fraction of sp³-hybridized carbons (Fsp3) is 0.312. The first-order valence-corrected chi connectivity index (χ1v) is 6.50. The second-order valence-electron chi connectivity index (χ2n) is 4.70. The Bertz CT molecular complexity index is 616. The Morgan fingerprint density at radius 2 is 2.00 bits per heavy atom. The molecule has 0 amide bonds. The summed E-state index contributed by atoms with van der Waals surface area (Å²) in [5, 5.41) is 3.23. The van der Waals surface area contributed by atoms with Crippen LogP contribution in [0.15, 0.2) is 34.7 Å². The largest absolute Gasteiger partial charge is 0.463 e. The van der Waals surface area contributed by atoms with Crippen molar-refractivity contribution in [1.82, 2.24) is 5.32 Å². The van der Waals surface area contributed by atoms with E-state index in [1.165, 1.54) is 18.2 Å². The van der Waals surface area contributed by atoms with E-state index in [1.807, 2.05) is 13.1 Å². The molecule has 1 unspecified atom stereocenters. The SMILES string of the molecule is CNC(c1ccc(C(=O)OC)o1)c1cccc(C)c1C. The minimum Gasteiger partial charge on any atom is -0.463 e. The number of furan rings is 1. The number of aryl methyl sites for hydroxylation is 1. The Kier molecular flexibility index (Phi) is 4.25. The van der Waals surface area contributed by atoms with Gasteiger partial charge < -0.3 is 14.5 Å². The Morgan fingerprint density at radius 3 is 2.65 bits per heavy atom. The van der Waals surface area contributed by atoms with Crippen LogP contribution in [0.3, 0.4) is 0 Å². The summed E-state index contributed by atoms with van der Waals surface area (Å²) in [6.07, 6.45) is 0. The average Bonchev–Trinajstić information content (AvgIpc) is 2.93. The Labute approximate surface area is 118 Å². The van der Waals surface area contributed by atoms with Gasteiger partial charge in [0.15, 0.2) is 0 Å². The summed E-state index contributed by atoms with van der Waals surface area (Å²) in [6, 6.07) is 9.50. The lowest BCUT2D eigenvalue weighted by Crippen LogP contribution is -2.18. The van der Waals surface area contributed by atoms with E-state index in [0.717, 1.165) is 5.56 Å². The fourth-order valence-electron chi connectivity index (χ4n) is 2.26. The van der Waals surface area contributed by atoms with E-state index in [-0.39, 0.29) is 11.8 Å². The molecule has 0 spiro atoms. The number of rotatable bonds is 4. The maximum atomic E-state index is 11.5. The van der Waals surface area contributed by atoms with Crippen LogP contribution in [0.25, 0.3) is 0 Å². The molecule has 4 heteroatoms. The molecule has 0 bridgehead atoms. The molecule has 1 aromatic carbocycles. The molecule has 106 valence electrons. The van der Waals surface area contributed by atoms with Crippen LogP contribution in [0.1, 0.15) is 39.0 Å². The van der Waals surface area contributed by atoms with Crippen molar-refractivity contribution < 1.29 is 13.9 Å². The third kappa shape index (κ3) is 2.60. The van der Waals surface area contributed by atoms with Crippen LogP contribution in [0.2, 0.25) is 0 Å². The van der Waals surface area contributed by atoms with E-state index in [1.54, 1.807) is 12.1 Å². The Hall–Kier alpha value is -2.07. The van der Waals surface area contributed by atoms with Gasteiger partial charge in [0.1, 0.15) is 5.76 Å². The molecule has 0 saturated carbocycles. The van der Waals surface area contributed by atoms with Gasteiger partial charge in [-0.15, -0.1) is 0 Å². The number of hydrogen-bond donors (Lipinski definition) is 1. The lowest BCUT2D eigenvalue weighted by Gasteiger charge is -2.18. The van der Waals surface area contributed by atoms with Crippen LogP contribution in [0, 0.1) is 13.8 Å². The topological polar surface area (TPSA) is 51.5 Å². The number of carbonyl (C=O) groups is 1. The molecule has 1 atom stereocenters. The second-order valence-corrected chi connectivity index (χ2v) is 4.70. The van der Waals surface area contributed by atoms with Gasteiger partial charge in [0.2, 0.25) is 5.76 Å². The van der Waals surface area contributed by atoms with Gasteiger partial charge in [0.25, 0.3) is 0 Å². The molecule has 0 aliphatic heterocycles. The molecule has 2 aromatic rings. The average molecular weight is 273 g/mol. The highest BCUT2D eigenvalue weighted by Gasteiger charge is 2.20. The van der Waals surface area contributed by atoms with Crippen molar-refractivity contribution in [1.29, 1.82) is 0 Å². The van der Waals surface area contributed by atoms with E-state index in [2.05, 4.69) is 36.0 Å². The molecule has 0 aliphatic carbocycles. The van der Waals surface area contributed by atoms with Gasteiger partial charge in [0, 0.05) is 0 Å². The number of methoxy groups -OCH3 is 1. The van der Waals surface area contributed by atoms with Gasteiger partial charge in [-0.1, -0.05) is 18.2 Å². The molecule has 0 fully saturated rings. The summed E-state index contributed by atoms with van der Waals surface area (Å²) >= 11 is 0. The van der Waals surface area contributed by atoms with E-state index >= 15 is 0 Å². The third-order valence-electron chi connectivity index (χ3n) is 3.54. The normalized spacial score (nSPS) is 12.2. The van der Waals surface area contributed by atoms with Crippen molar-refractivity contribution in [3.63, 3.8) is 0 Å². The molecular weight excluding hydrogens is 254 g/mol. The van der Waals surface area contributed by atoms with E-state index < -0.39 is 5.97 Å². The molecule has 0 saturated heterocycles. The lowest BCUT2D eigenvalue weighted by molar-refractivity contribution is 0.0562. The number of carbonyl (C=O) groups excluding carboxylic acids is 1. The van der Waals surface area contributed by atoms with Gasteiger partial charge in [-0.05, 0) is 49.7 Å². The van der Waals surface area contributed by atoms with E-state index in [9.17, 15) is 4.79 Å². The summed E-state index contributed by atoms with van der Waals surface area (Å²) < 4.78 is 10.3. The molecule has 0 aliphatic rings. The number of esters is 1. The second kappa shape index (κ2) is 5.92. The highest BCUT2D eigenvalue weighted by molar-refractivity contribution is 5.86. The standard InChI is InChI=1S/C16H19NO3/c1-10-6-5-7-12(11(10)2)15(17-3)13-8-9-14(20-13)16(18)19-4/h5-9,15,17H,1-4H3. The smallest absolute Gasteiger partial charge is 0.373 e. The van der Waals surface area contributed by atoms with E-state index in [4.69, 9.17) is 4.42 Å². The molecule has 1 aromatic heterocycles. The quantitative estimate of drug-likeness (QED) is 0.870. The fourth-order valence-corrected chi connectivity index (χ4v) is 2.26. The van der Waals surface area contributed by atoms with Gasteiger partial charge in [-0.3, -0.25) is 0 Å². The van der Waals surface area contributed by atoms with Gasteiger partial charge in [0.05, 0.1) is 13.2 Å². The first-order chi connectivity index (χ1) is 9.58. The van der Waals surface area contributed by atoms with Crippen molar-refractivity contribution >= 4 is 5.97 Å². The first-order valence-electron chi connectivity index (χ1n) is 6.50. The monoisotopic (exact) mass is 273 g/mol. The summed E-state index contributed by atoms with van der Waals surface area (Å²) in [4.78, 5) is 11.5. The maximum Gasteiger partial charge on any atom is 0.373 e. The summed E-state index contributed by atoms with van der Waals surface area (Å²) in [5.41, 5.74) is 3.57. The molecule has 20 heavy (non-hydrogen) atoms. The molecule has 1 heterocycles. The van der Waals surface area contributed by atoms with E-state index in [0.29, 0.717) is 5.76 Å². The van der Waals surface area contributed by atoms with Gasteiger partial charge >= 0.3 is 5.97 Å². The van der Waals surface area contributed by atoms with Crippen LogP contribution in [-0.2, 0) is 4.74 Å². The van der Waals surface area contributed by atoms with Gasteiger partial charge in [-0.25, -0.2) is 4.79 Å². The number of ether oxygens (including phenoxy) is 1. The van der Waals surface area contributed by atoms with Crippen LogP contribution < -0.4 is 5.32 Å². The molecule has 1 N–H and O–H groups in total. The predicted molar refractivity (Wildman–Crippen MR) is 76.9 cm³/mol. The molecule has 2 rings (SSSR count). The van der Waals surface area contributed by atoms with Crippen LogP contribution in [0.4, 0.5) is 0 Å². The van der Waals surface area contributed by atoms with Crippen LogP contribution in [0.5, 0.6) is 0 Å². The minimum atomic E-state index is -0.466. The van der Waals surface area contributed by atoms with Crippen molar-refractivity contribution in [2.75, 3.05) is 14.2 Å². The van der Waals surface area contributed by atoms with Gasteiger partial charge in [-0.2, -0.15) is 0 Å². The predicted octanol–water partition coefficient (Wildman–Crippen LogP) is 2.99. The zero-order valence-corrected chi connectivity index (χ0v) is 12.2. The van der Waals surface area contributed by atoms with Crippen molar-refractivity contribution in [3.8, 4) is 0 Å². The summed E-state index contributed by atoms with van der Waals surface area (Å²) in [7, 11) is 3.21.